The number of hydrogen-bond donors (Lipinski definition) is 3. The number of rotatable bonds is 17. The second-order valence-corrected chi connectivity index (χ2v) is 8.00. The summed E-state index contributed by atoms with van der Waals surface area (Å²) in [7, 11) is 0. The van der Waals surface area contributed by atoms with Crippen LogP contribution in [0.5, 0.6) is 0 Å². The first-order valence-corrected chi connectivity index (χ1v) is 10.6. The molecule has 8 nitrogen and oxygen atoms in total. The van der Waals surface area contributed by atoms with Crippen LogP contribution in [0, 0.1) is 0 Å². The molecule has 28 heavy (non-hydrogen) atoms. The molecule has 0 aliphatic carbocycles. The zero-order chi connectivity index (χ0) is 21.3. The molecule has 0 aromatic rings. The number of hydrogen-bond acceptors (Lipinski definition) is 7. The van der Waals surface area contributed by atoms with Crippen LogP contribution >= 0.6 is 0 Å². The van der Waals surface area contributed by atoms with E-state index >= 15 is 0 Å². The number of carbonyl (C=O) groups excluding carboxylic acids is 1. The van der Waals surface area contributed by atoms with E-state index in [-0.39, 0.29) is 12.1 Å². The lowest BCUT2D eigenvalue weighted by molar-refractivity contribution is 0.0384. The van der Waals surface area contributed by atoms with E-state index in [0.29, 0.717) is 32.9 Å². The van der Waals surface area contributed by atoms with Crippen molar-refractivity contribution in [3.8, 4) is 0 Å². The van der Waals surface area contributed by atoms with Gasteiger partial charge in [-0.1, -0.05) is 13.3 Å². The third-order valence-corrected chi connectivity index (χ3v) is 3.88. The second kappa shape index (κ2) is 17.0. The van der Waals surface area contributed by atoms with Gasteiger partial charge < -0.3 is 31.0 Å². The van der Waals surface area contributed by atoms with Crippen molar-refractivity contribution in [2.24, 2.45) is 11.5 Å². The molecule has 1 amide bonds. The first kappa shape index (κ1) is 27.1. The molecule has 0 aromatic carbocycles. The minimum absolute atomic E-state index is 0.0842. The number of alkyl carbamates (subject to hydrolysis) is 1. The van der Waals surface area contributed by atoms with Crippen molar-refractivity contribution in [1.82, 2.24) is 10.2 Å². The summed E-state index contributed by atoms with van der Waals surface area (Å²) in [6, 6.07) is 0.0842. The molecular formula is C20H44N4O4. The molecule has 0 aliphatic rings. The van der Waals surface area contributed by atoms with Crippen molar-refractivity contribution >= 4 is 6.09 Å². The van der Waals surface area contributed by atoms with Crippen molar-refractivity contribution in [1.29, 1.82) is 0 Å². The predicted molar refractivity (Wildman–Crippen MR) is 113 cm³/mol. The topological polar surface area (TPSA) is 112 Å². The number of unbranched alkanes of at least 4 members (excludes halogenated alkanes) is 1. The Hall–Kier alpha value is -0.930. The van der Waals surface area contributed by atoms with Crippen LogP contribution in [0.4, 0.5) is 4.79 Å². The van der Waals surface area contributed by atoms with Crippen LogP contribution in [0.1, 0.15) is 53.4 Å². The van der Waals surface area contributed by atoms with Gasteiger partial charge in [0, 0.05) is 45.4 Å². The number of ether oxygens (including phenoxy) is 3. The molecule has 168 valence electrons. The smallest absolute Gasteiger partial charge is 0.407 e. The predicted octanol–water partition coefficient (Wildman–Crippen LogP) is 1.71. The van der Waals surface area contributed by atoms with E-state index in [1.165, 1.54) is 0 Å². The van der Waals surface area contributed by atoms with Gasteiger partial charge in [-0.25, -0.2) is 4.79 Å². The Morgan fingerprint density at radius 2 is 1.75 bits per heavy atom. The first-order valence-electron chi connectivity index (χ1n) is 10.6. The molecule has 0 saturated heterocycles. The van der Waals surface area contributed by atoms with E-state index < -0.39 is 5.60 Å². The number of amides is 1. The Bertz CT molecular complexity index is 378. The molecule has 0 rings (SSSR count). The number of nitrogens with two attached hydrogens (primary N) is 2. The summed E-state index contributed by atoms with van der Waals surface area (Å²) >= 11 is 0. The Labute approximate surface area is 171 Å². The normalized spacial score (nSPS) is 13.0. The summed E-state index contributed by atoms with van der Waals surface area (Å²) in [6.07, 6.45) is 3.40. The van der Waals surface area contributed by atoms with E-state index in [2.05, 4.69) is 17.1 Å². The van der Waals surface area contributed by atoms with Crippen LogP contribution in [0.25, 0.3) is 0 Å². The van der Waals surface area contributed by atoms with Crippen LogP contribution in [-0.2, 0) is 14.2 Å². The second-order valence-electron chi connectivity index (χ2n) is 8.00. The van der Waals surface area contributed by atoms with E-state index in [9.17, 15) is 4.79 Å². The highest BCUT2D eigenvalue weighted by Crippen LogP contribution is 2.06. The fourth-order valence-corrected chi connectivity index (χ4v) is 2.60. The van der Waals surface area contributed by atoms with Crippen LogP contribution in [0.2, 0.25) is 0 Å². The summed E-state index contributed by atoms with van der Waals surface area (Å²) in [6.45, 7) is 14.0. The fraction of sp³-hybridized carbons (Fsp3) is 0.950. The van der Waals surface area contributed by atoms with Crippen LogP contribution < -0.4 is 16.8 Å². The minimum Gasteiger partial charge on any atom is -0.444 e. The van der Waals surface area contributed by atoms with Crippen molar-refractivity contribution < 1.29 is 19.0 Å². The summed E-state index contributed by atoms with van der Waals surface area (Å²) in [5.41, 5.74) is 11.5. The number of carbonyl (C=O) groups is 1. The zero-order valence-electron chi connectivity index (χ0n) is 18.5. The highest BCUT2D eigenvalue weighted by molar-refractivity contribution is 5.67. The first-order chi connectivity index (χ1) is 13.3. The lowest BCUT2D eigenvalue weighted by Gasteiger charge is -2.25. The number of nitrogens with one attached hydrogen (secondary N) is 1. The molecule has 0 fully saturated rings. The van der Waals surface area contributed by atoms with Gasteiger partial charge in [-0.05, 0) is 40.0 Å². The molecule has 0 saturated carbocycles. The molecule has 1 atom stereocenters. The van der Waals surface area contributed by atoms with E-state index in [4.69, 9.17) is 25.7 Å². The Kier molecular flexibility index (Phi) is 16.4. The van der Waals surface area contributed by atoms with Gasteiger partial charge in [0.15, 0.2) is 0 Å². The molecule has 1 unspecified atom stereocenters. The average molecular weight is 405 g/mol. The largest absolute Gasteiger partial charge is 0.444 e. The summed E-state index contributed by atoms with van der Waals surface area (Å²) < 4.78 is 16.2. The van der Waals surface area contributed by atoms with Crippen molar-refractivity contribution in [3.05, 3.63) is 0 Å². The molecule has 0 aliphatic heterocycles. The van der Waals surface area contributed by atoms with Gasteiger partial charge in [0.25, 0.3) is 0 Å². The fourth-order valence-electron chi connectivity index (χ4n) is 2.60. The SMILES string of the molecule is CCCOCCOCCN(CCN)CC(N)CCCCNC(=O)OC(C)(C)C. The summed E-state index contributed by atoms with van der Waals surface area (Å²) in [5, 5.41) is 2.77. The van der Waals surface area contributed by atoms with Gasteiger partial charge in [-0.3, -0.25) is 4.90 Å². The quantitative estimate of drug-likeness (QED) is 0.316. The molecule has 0 bridgehead atoms. The van der Waals surface area contributed by atoms with Crippen LogP contribution in [-0.4, -0.2) is 81.8 Å². The lowest BCUT2D eigenvalue weighted by atomic mass is 10.1. The third-order valence-electron chi connectivity index (χ3n) is 3.88. The number of nitrogens with zero attached hydrogens (tertiary/aromatic N) is 1. The Morgan fingerprint density at radius 1 is 1.07 bits per heavy atom. The van der Waals surface area contributed by atoms with Gasteiger partial charge in [0.05, 0.1) is 19.8 Å². The van der Waals surface area contributed by atoms with Crippen LogP contribution in [0.15, 0.2) is 0 Å². The molecule has 0 aromatic heterocycles. The Morgan fingerprint density at radius 3 is 2.36 bits per heavy atom. The highest BCUT2D eigenvalue weighted by atomic mass is 16.6. The zero-order valence-corrected chi connectivity index (χ0v) is 18.5. The monoisotopic (exact) mass is 404 g/mol. The summed E-state index contributed by atoms with van der Waals surface area (Å²) in [5.74, 6) is 0. The third kappa shape index (κ3) is 18.4. The highest BCUT2D eigenvalue weighted by Gasteiger charge is 2.15. The molecular weight excluding hydrogens is 360 g/mol. The van der Waals surface area contributed by atoms with Crippen LogP contribution in [0.3, 0.4) is 0 Å². The minimum atomic E-state index is -0.467. The summed E-state index contributed by atoms with van der Waals surface area (Å²) in [4.78, 5) is 13.8. The van der Waals surface area contributed by atoms with Gasteiger partial charge >= 0.3 is 6.09 Å². The Balaban J connectivity index is 3.80. The van der Waals surface area contributed by atoms with Crippen molar-refractivity contribution in [2.45, 2.75) is 65.0 Å². The van der Waals surface area contributed by atoms with E-state index in [1.54, 1.807) is 0 Å². The van der Waals surface area contributed by atoms with E-state index in [1.807, 2.05) is 20.8 Å². The average Bonchev–Trinajstić information content (AvgIpc) is 2.59. The maximum Gasteiger partial charge on any atom is 0.407 e. The van der Waals surface area contributed by atoms with E-state index in [0.717, 1.165) is 51.9 Å². The lowest BCUT2D eigenvalue weighted by Crippen LogP contribution is -2.41. The molecule has 8 heteroatoms. The van der Waals surface area contributed by atoms with Gasteiger partial charge in [-0.2, -0.15) is 0 Å². The van der Waals surface area contributed by atoms with Gasteiger partial charge in [-0.15, -0.1) is 0 Å². The molecule has 0 spiro atoms. The maximum atomic E-state index is 11.6. The van der Waals surface area contributed by atoms with Crippen molar-refractivity contribution in [2.75, 3.05) is 59.2 Å². The van der Waals surface area contributed by atoms with Crippen molar-refractivity contribution in [3.63, 3.8) is 0 Å². The molecule has 0 heterocycles. The maximum absolute atomic E-state index is 11.6. The molecule has 0 radical (unpaired) electrons. The van der Waals surface area contributed by atoms with Gasteiger partial charge in [0.2, 0.25) is 0 Å². The van der Waals surface area contributed by atoms with Gasteiger partial charge in [0.1, 0.15) is 5.60 Å². The standard InChI is InChI=1S/C20H44N4O4/c1-5-13-26-15-16-27-14-12-24(11-9-21)17-18(22)8-6-7-10-23-19(25)28-20(2,3)4/h18H,5-17,21-22H2,1-4H3,(H,23,25). The molecule has 5 N–H and O–H groups in total.